The number of sulfone groups is 1. The van der Waals surface area contributed by atoms with Crippen molar-refractivity contribution in [2.75, 3.05) is 6.54 Å². The van der Waals surface area contributed by atoms with Crippen LogP contribution in [0, 0.1) is 0 Å². The number of halogens is 2. The van der Waals surface area contributed by atoms with Crippen molar-refractivity contribution >= 4 is 15.7 Å². The van der Waals surface area contributed by atoms with Crippen LogP contribution < -0.4 is 5.32 Å². The number of nitrogens with one attached hydrogen (secondary N) is 1. The fourth-order valence-corrected chi connectivity index (χ4v) is 2.87. The number of rotatable bonds is 6. The van der Waals surface area contributed by atoms with Crippen molar-refractivity contribution in [2.24, 2.45) is 0 Å². The average Bonchev–Trinajstić information content (AvgIpc) is 2.60. The van der Waals surface area contributed by atoms with Crippen molar-refractivity contribution in [3.05, 3.63) is 65.7 Å². The fraction of sp³-hybridized carbons (Fsp3) is 0.235. The predicted octanol–water partition coefficient (Wildman–Crippen LogP) is 3.22. The molecular formula is C17H17F2NO3S. The van der Waals surface area contributed by atoms with E-state index in [2.05, 4.69) is 5.32 Å². The molecule has 0 unspecified atom stereocenters. The van der Waals surface area contributed by atoms with Gasteiger partial charge in [0.15, 0.2) is 0 Å². The Morgan fingerprint density at radius 1 is 1.04 bits per heavy atom. The monoisotopic (exact) mass is 353 g/mol. The van der Waals surface area contributed by atoms with E-state index < -0.39 is 26.4 Å². The van der Waals surface area contributed by atoms with E-state index in [0.717, 1.165) is 17.7 Å². The van der Waals surface area contributed by atoms with Crippen LogP contribution in [0.3, 0.4) is 0 Å². The van der Waals surface area contributed by atoms with Gasteiger partial charge in [0.05, 0.1) is 4.90 Å². The molecule has 128 valence electrons. The molecule has 1 N–H and O–H groups in total. The summed E-state index contributed by atoms with van der Waals surface area (Å²) in [5.74, 6) is -3.77. The molecule has 4 nitrogen and oxygen atoms in total. The third kappa shape index (κ3) is 4.17. The van der Waals surface area contributed by atoms with Crippen LogP contribution in [0.5, 0.6) is 0 Å². The average molecular weight is 353 g/mol. The number of alkyl halides is 2. The number of carbonyl (C=O) groups excluding carboxylic acids is 1. The van der Waals surface area contributed by atoms with Crippen LogP contribution in [0.1, 0.15) is 28.8 Å². The molecule has 7 heteroatoms. The molecule has 0 saturated heterocycles. The molecule has 2 aromatic carbocycles. The largest absolute Gasteiger partial charge is 0.351 e. The van der Waals surface area contributed by atoms with Crippen molar-refractivity contribution in [3.63, 3.8) is 0 Å². The minimum Gasteiger partial charge on any atom is -0.351 e. The number of hydrogen-bond donors (Lipinski definition) is 1. The first-order valence-corrected chi connectivity index (χ1v) is 8.82. The SMILES string of the molecule is C[C@@H](CNC(=O)c1ccc(S(=O)(=O)C(F)F)cc1)c1ccccc1. The Labute approximate surface area is 139 Å². The van der Waals surface area contributed by atoms with E-state index in [1.54, 1.807) is 0 Å². The maximum atomic E-state index is 12.5. The maximum absolute atomic E-state index is 12.5. The molecule has 1 amide bonds. The van der Waals surface area contributed by atoms with E-state index in [1.165, 1.54) is 12.1 Å². The number of hydrogen-bond acceptors (Lipinski definition) is 3. The van der Waals surface area contributed by atoms with E-state index in [4.69, 9.17) is 0 Å². The van der Waals surface area contributed by atoms with Gasteiger partial charge in [-0.15, -0.1) is 0 Å². The van der Waals surface area contributed by atoms with Gasteiger partial charge in [-0.1, -0.05) is 37.3 Å². The van der Waals surface area contributed by atoms with E-state index >= 15 is 0 Å². The van der Waals surface area contributed by atoms with E-state index in [-0.39, 0.29) is 11.5 Å². The van der Waals surface area contributed by atoms with Gasteiger partial charge in [0.25, 0.3) is 5.91 Å². The summed E-state index contributed by atoms with van der Waals surface area (Å²) in [7, 11) is -4.65. The van der Waals surface area contributed by atoms with Gasteiger partial charge in [-0.2, -0.15) is 8.78 Å². The fourth-order valence-electron chi connectivity index (χ4n) is 2.15. The molecule has 0 aliphatic carbocycles. The van der Waals surface area contributed by atoms with Crippen LogP contribution >= 0.6 is 0 Å². The first kappa shape index (κ1) is 18.1. The minimum atomic E-state index is -4.65. The Morgan fingerprint density at radius 2 is 1.62 bits per heavy atom. The Kier molecular flexibility index (Phi) is 5.66. The Bertz CT molecular complexity index is 790. The normalized spacial score (nSPS) is 12.8. The summed E-state index contributed by atoms with van der Waals surface area (Å²) in [4.78, 5) is 11.6. The highest BCUT2D eigenvalue weighted by Gasteiger charge is 2.26. The Hall–Kier alpha value is -2.28. The van der Waals surface area contributed by atoms with Crippen molar-refractivity contribution in [2.45, 2.75) is 23.5 Å². The van der Waals surface area contributed by atoms with E-state index in [1.807, 2.05) is 37.3 Å². The predicted molar refractivity (Wildman–Crippen MR) is 86.8 cm³/mol. The Balaban J connectivity index is 2.01. The van der Waals surface area contributed by atoms with Crippen molar-refractivity contribution < 1.29 is 22.0 Å². The third-order valence-corrected chi connectivity index (χ3v) is 5.02. The Morgan fingerprint density at radius 3 is 2.17 bits per heavy atom. The van der Waals surface area contributed by atoms with E-state index in [0.29, 0.717) is 6.54 Å². The lowest BCUT2D eigenvalue weighted by Gasteiger charge is -2.13. The topological polar surface area (TPSA) is 63.2 Å². The van der Waals surface area contributed by atoms with Crippen molar-refractivity contribution in [1.29, 1.82) is 0 Å². The molecule has 0 aromatic heterocycles. The lowest BCUT2D eigenvalue weighted by Crippen LogP contribution is -2.27. The zero-order valence-corrected chi connectivity index (χ0v) is 13.8. The molecule has 1 atom stereocenters. The van der Waals surface area contributed by atoms with Gasteiger partial charge in [-0.05, 0) is 35.7 Å². The molecule has 0 spiro atoms. The van der Waals surface area contributed by atoms with Gasteiger partial charge in [0.2, 0.25) is 9.84 Å². The molecule has 0 fully saturated rings. The van der Waals surface area contributed by atoms with E-state index in [9.17, 15) is 22.0 Å². The van der Waals surface area contributed by atoms with Crippen LogP contribution in [0.25, 0.3) is 0 Å². The quantitative estimate of drug-likeness (QED) is 0.867. The molecule has 2 aromatic rings. The first-order valence-electron chi connectivity index (χ1n) is 7.27. The van der Waals surface area contributed by atoms with Gasteiger partial charge in [0, 0.05) is 12.1 Å². The summed E-state index contributed by atoms with van der Waals surface area (Å²) in [6.07, 6.45) is 0. The highest BCUT2D eigenvalue weighted by molar-refractivity contribution is 7.91. The molecule has 0 radical (unpaired) electrons. The molecular weight excluding hydrogens is 336 g/mol. The standard InChI is InChI=1S/C17H17F2NO3S/c1-12(13-5-3-2-4-6-13)11-20-16(21)14-7-9-15(10-8-14)24(22,23)17(18)19/h2-10,12,17H,11H2,1H3,(H,20,21)/t12-/m0/s1. The highest BCUT2D eigenvalue weighted by Crippen LogP contribution is 2.19. The molecule has 24 heavy (non-hydrogen) atoms. The molecule has 0 aliphatic rings. The second-order valence-corrected chi connectivity index (χ2v) is 7.27. The molecule has 0 saturated carbocycles. The highest BCUT2D eigenvalue weighted by atomic mass is 32.2. The van der Waals surface area contributed by atoms with Crippen LogP contribution in [-0.2, 0) is 9.84 Å². The molecule has 0 heterocycles. The molecule has 0 bridgehead atoms. The number of benzene rings is 2. The van der Waals surface area contributed by atoms with Gasteiger partial charge >= 0.3 is 5.76 Å². The van der Waals surface area contributed by atoms with Gasteiger partial charge in [-0.25, -0.2) is 8.42 Å². The minimum absolute atomic E-state index is 0.105. The second kappa shape index (κ2) is 7.53. The van der Waals surface area contributed by atoms with Gasteiger partial charge < -0.3 is 5.32 Å². The summed E-state index contributed by atoms with van der Waals surface area (Å²) in [6.45, 7) is 2.37. The summed E-state index contributed by atoms with van der Waals surface area (Å²) < 4.78 is 47.6. The lowest BCUT2D eigenvalue weighted by atomic mass is 10.0. The summed E-state index contributed by atoms with van der Waals surface area (Å²) in [5, 5.41) is 2.74. The van der Waals surface area contributed by atoms with Crippen LogP contribution in [-0.4, -0.2) is 26.6 Å². The number of carbonyl (C=O) groups is 1. The number of amides is 1. The van der Waals surface area contributed by atoms with Gasteiger partial charge in [-0.3, -0.25) is 4.79 Å². The van der Waals surface area contributed by atoms with Crippen molar-refractivity contribution in [3.8, 4) is 0 Å². The molecule has 0 aliphatic heterocycles. The van der Waals surface area contributed by atoms with Crippen molar-refractivity contribution in [1.82, 2.24) is 5.32 Å². The van der Waals surface area contributed by atoms with Crippen LogP contribution in [0.4, 0.5) is 8.78 Å². The maximum Gasteiger partial charge on any atom is 0.341 e. The summed E-state index contributed by atoms with van der Waals surface area (Å²) in [6, 6.07) is 14.1. The smallest absolute Gasteiger partial charge is 0.341 e. The third-order valence-electron chi connectivity index (χ3n) is 3.62. The summed E-state index contributed by atoms with van der Waals surface area (Å²) in [5.41, 5.74) is 1.29. The summed E-state index contributed by atoms with van der Waals surface area (Å²) >= 11 is 0. The second-order valence-electron chi connectivity index (χ2n) is 5.35. The first-order chi connectivity index (χ1) is 11.3. The molecule has 2 rings (SSSR count). The van der Waals surface area contributed by atoms with Crippen LogP contribution in [0.15, 0.2) is 59.5 Å². The zero-order chi connectivity index (χ0) is 17.7. The van der Waals surface area contributed by atoms with Crippen LogP contribution in [0.2, 0.25) is 0 Å². The zero-order valence-electron chi connectivity index (χ0n) is 12.9. The lowest BCUT2D eigenvalue weighted by molar-refractivity contribution is 0.0951. The van der Waals surface area contributed by atoms with Gasteiger partial charge in [0.1, 0.15) is 0 Å².